The van der Waals surface area contributed by atoms with Gasteiger partial charge in [-0.05, 0) is 37.5 Å². The molecule has 3 aromatic heterocycles. The molecule has 2 aliphatic rings. The maximum Gasteiger partial charge on any atom is 0.341 e. The van der Waals surface area contributed by atoms with Crippen molar-refractivity contribution in [3.63, 3.8) is 0 Å². The Kier molecular flexibility index (Phi) is 5.67. The number of carbonyl (C=O) groups is 1. The minimum Gasteiger partial charge on any atom is -0.477 e. The van der Waals surface area contributed by atoms with Crippen LogP contribution >= 0.6 is 0 Å². The molecule has 0 aromatic carbocycles. The van der Waals surface area contributed by atoms with Gasteiger partial charge in [0.05, 0.1) is 11.9 Å². The third-order valence-corrected chi connectivity index (χ3v) is 6.58. The molecule has 0 spiro atoms. The van der Waals surface area contributed by atoms with Crippen LogP contribution in [0.2, 0.25) is 0 Å². The molecule has 0 amide bonds. The van der Waals surface area contributed by atoms with Crippen LogP contribution in [0.4, 0.5) is 17.5 Å². The summed E-state index contributed by atoms with van der Waals surface area (Å²) >= 11 is 0. The number of aromatic nitrogens is 4. The van der Waals surface area contributed by atoms with Gasteiger partial charge in [-0.3, -0.25) is 9.36 Å². The fraction of sp³-hybridized carbons (Fsp3) is 0.435. The van der Waals surface area contributed by atoms with E-state index in [9.17, 15) is 14.7 Å². The van der Waals surface area contributed by atoms with Gasteiger partial charge in [0.1, 0.15) is 17.0 Å². The molecule has 0 atom stereocenters. The second kappa shape index (κ2) is 8.78. The Morgan fingerprint density at radius 3 is 2.58 bits per heavy atom. The normalized spacial score (nSPS) is 16.9. The average molecular weight is 450 g/mol. The summed E-state index contributed by atoms with van der Waals surface area (Å²) in [6.45, 7) is 5.43. The molecule has 5 rings (SSSR count). The van der Waals surface area contributed by atoms with Crippen LogP contribution in [-0.2, 0) is 0 Å². The van der Waals surface area contributed by atoms with Crippen LogP contribution in [0.25, 0.3) is 11.0 Å². The average Bonchev–Trinajstić information content (AvgIpc) is 3.34. The summed E-state index contributed by atoms with van der Waals surface area (Å²) in [5.74, 6) is -0.303. The van der Waals surface area contributed by atoms with E-state index in [2.05, 4.69) is 30.5 Å². The van der Waals surface area contributed by atoms with E-state index >= 15 is 0 Å². The lowest BCUT2D eigenvalue weighted by Gasteiger charge is -2.29. The van der Waals surface area contributed by atoms with Gasteiger partial charge in [0.2, 0.25) is 5.95 Å². The molecule has 2 fully saturated rings. The Morgan fingerprint density at radius 2 is 1.91 bits per heavy atom. The first kappa shape index (κ1) is 21.3. The molecule has 33 heavy (non-hydrogen) atoms. The lowest BCUT2D eigenvalue weighted by Crippen LogP contribution is -2.43. The summed E-state index contributed by atoms with van der Waals surface area (Å²) in [4.78, 5) is 40.8. The van der Waals surface area contributed by atoms with Gasteiger partial charge < -0.3 is 20.6 Å². The molecular weight excluding hydrogens is 422 g/mol. The standard InChI is InChI=1S/C23H27N7O3/c1-14-17-13-26-23(27-18-7-6-16(12-25-18)29-10-8-24-9-11-29)28-20(17)30(15-4-2-3-5-15)21(31)19(14)22(32)33/h6-7,12-13,15,24H,2-5,8-11H2,1H3,(H,32,33)(H,25,26,27,28). The number of nitrogens with one attached hydrogen (secondary N) is 2. The van der Waals surface area contributed by atoms with Gasteiger partial charge in [0, 0.05) is 43.8 Å². The number of aromatic carboxylic acids is 1. The molecule has 1 aliphatic carbocycles. The topological polar surface area (TPSA) is 125 Å². The Labute approximate surface area is 190 Å². The Morgan fingerprint density at radius 1 is 1.15 bits per heavy atom. The minimum absolute atomic E-state index is 0.0575. The van der Waals surface area contributed by atoms with Crippen LogP contribution in [0.15, 0.2) is 29.3 Å². The van der Waals surface area contributed by atoms with Gasteiger partial charge in [-0.25, -0.2) is 14.8 Å². The van der Waals surface area contributed by atoms with Gasteiger partial charge in [-0.1, -0.05) is 12.8 Å². The molecule has 1 saturated heterocycles. The van der Waals surface area contributed by atoms with Gasteiger partial charge in [-0.2, -0.15) is 4.98 Å². The lowest BCUT2D eigenvalue weighted by atomic mass is 10.1. The summed E-state index contributed by atoms with van der Waals surface area (Å²) in [7, 11) is 0. The van der Waals surface area contributed by atoms with Crippen molar-refractivity contribution in [2.75, 3.05) is 36.4 Å². The predicted octanol–water partition coefficient (Wildman–Crippen LogP) is 2.46. The first-order valence-electron chi connectivity index (χ1n) is 11.4. The number of carboxylic acids is 1. The van der Waals surface area contributed by atoms with Crippen LogP contribution < -0.4 is 21.1 Å². The number of aryl methyl sites for hydroxylation is 1. The Hall–Kier alpha value is -3.53. The highest BCUT2D eigenvalue weighted by molar-refractivity contribution is 5.95. The highest BCUT2D eigenvalue weighted by Gasteiger charge is 2.26. The number of hydrogen-bond acceptors (Lipinski definition) is 8. The van der Waals surface area contributed by atoms with Crippen LogP contribution in [0.3, 0.4) is 0 Å². The number of piperazine rings is 1. The first-order chi connectivity index (χ1) is 16.0. The molecular formula is C23H27N7O3. The quantitative estimate of drug-likeness (QED) is 0.538. The summed E-state index contributed by atoms with van der Waals surface area (Å²) in [6, 6.07) is 3.84. The van der Waals surface area contributed by atoms with Gasteiger partial charge in [0.25, 0.3) is 5.56 Å². The molecule has 172 valence electrons. The summed E-state index contributed by atoms with van der Waals surface area (Å²) in [5, 5.41) is 16.7. The van der Waals surface area contributed by atoms with Crippen molar-refractivity contribution in [3.8, 4) is 0 Å². The first-order valence-corrected chi connectivity index (χ1v) is 11.4. The van der Waals surface area contributed by atoms with Crippen molar-refractivity contribution in [3.05, 3.63) is 46.0 Å². The Balaban J connectivity index is 1.51. The van der Waals surface area contributed by atoms with Crippen molar-refractivity contribution < 1.29 is 9.90 Å². The van der Waals surface area contributed by atoms with E-state index in [1.54, 1.807) is 17.7 Å². The zero-order chi connectivity index (χ0) is 22.9. The largest absolute Gasteiger partial charge is 0.477 e. The number of rotatable bonds is 5. The van der Waals surface area contributed by atoms with Crippen LogP contribution in [0.1, 0.15) is 47.6 Å². The number of carboxylic acid groups (broad SMARTS) is 1. The van der Waals surface area contributed by atoms with E-state index in [0.29, 0.717) is 28.4 Å². The van der Waals surface area contributed by atoms with E-state index in [4.69, 9.17) is 0 Å². The van der Waals surface area contributed by atoms with Gasteiger partial charge in [0.15, 0.2) is 0 Å². The molecule has 0 unspecified atom stereocenters. The van der Waals surface area contributed by atoms with E-state index in [0.717, 1.165) is 57.5 Å². The van der Waals surface area contributed by atoms with Crippen molar-refractivity contribution in [2.24, 2.45) is 0 Å². The zero-order valence-electron chi connectivity index (χ0n) is 18.5. The van der Waals surface area contributed by atoms with Crippen molar-refractivity contribution in [2.45, 2.75) is 38.6 Å². The smallest absolute Gasteiger partial charge is 0.341 e. The molecule has 3 aromatic rings. The lowest BCUT2D eigenvalue weighted by molar-refractivity contribution is 0.0693. The third kappa shape index (κ3) is 4.02. The van der Waals surface area contributed by atoms with Crippen molar-refractivity contribution in [1.29, 1.82) is 0 Å². The number of pyridine rings is 2. The molecule has 10 heteroatoms. The molecule has 3 N–H and O–H groups in total. The fourth-order valence-corrected chi connectivity index (χ4v) is 4.83. The second-order valence-corrected chi connectivity index (χ2v) is 8.61. The molecule has 10 nitrogen and oxygen atoms in total. The monoisotopic (exact) mass is 449 g/mol. The van der Waals surface area contributed by atoms with Crippen LogP contribution in [-0.4, -0.2) is 56.8 Å². The van der Waals surface area contributed by atoms with Crippen LogP contribution in [0, 0.1) is 6.92 Å². The van der Waals surface area contributed by atoms with E-state index in [1.165, 1.54) is 0 Å². The highest BCUT2D eigenvalue weighted by Crippen LogP contribution is 2.32. The van der Waals surface area contributed by atoms with E-state index in [1.807, 2.05) is 18.3 Å². The van der Waals surface area contributed by atoms with E-state index in [-0.39, 0.29) is 11.6 Å². The maximum absolute atomic E-state index is 13.2. The predicted molar refractivity (Wildman–Crippen MR) is 126 cm³/mol. The summed E-state index contributed by atoms with van der Waals surface area (Å²) < 4.78 is 1.56. The Bertz CT molecular complexity index is 1240. The molecule has 0 radical (unpaired) electrons. The van der Waals surface area contributed by atoms with E-state index < -0.39 is 11.5 Å². The van der Waals surface area contributed by atoms with Gasteiger partial charge in [-0.15, -0.1) is 0 Å². The highest BCUT2D eigenvalue weighted by atomic mass is 16.4. The maximum atomic E-state index is 13.2. The summed E-state index contributed by atoms with van der Waals surface area (Å²) in [6.07, 6.45) is 7.10. The van der Waals surface area contributed by atoms with Crippen molar-refractivity contribution >= 4 is 34.5 Å². The van der Waals surface area contributed by atoms with Crippen LogP contribution in [0.5, 0.6) is 0 Å². The number of hydrogen-bond donors (Lipinski definition) is 3. The fourth-order valence-electron chi connectivity index (χ4n) is 4.83. The number of anilines is 3. The second-order valence-electron chi connectivity index (χ2n) is 8.61. The molecule has 4 heterocycles. The number of nitrogens with zero attached hydrogens (tertiary/aromatic N) is 5. The SMILES string of the molecule is Cc1c(C(=O)O)c(=O)n(C2CCCC2)c2nc(Nc3ccc(N4CCNCC4)cn3)ncc12. The summed E-state index contributed by atoms with van der Waals surface area (Å²) in [5.41, 5.74) is 1.21. The molecule has 1 aliphatic heterocycles. The van der Waals surface area contributed by atoms with Gasteiger partial charge >= 0.3 is 5.97 Å². The number of fused-ring (bicyclic) bond motifs is 1. The molecule has 0 bridgehead atoms. The minimum atomic E-state index is -1.22. The third-order valence-electron chi connectivity index (χ3n) is 6.58. The molecule has 1 saturated carbocycles. The van der Waals surface area contributed by atoms with Crippen molar-refractivity contribution in [1.82, 2.24) is 24.8 Å². The zero-order valence-corrected chi connectivity index (χ0v) is 18.5.